The van der Waals surface area contributed by atoms with Crippen molar-refractivity contribution in [2.45, 2.75) is 6.42 Å². The first-order valence-corrected chi connectivity index (χ1v) is 8.54. The third-order valence-electron chi connectivity index (χ3n) is 3.92. The van der Waals surface area contributed by atoms with Crippen LogP contribution in [-0.2, 0) is 9.59 Å². The standard InChI is InChI=1S/C17H17N3O4S/c1-24-13-6-4-12(5-7-13)20-10-11(9-15(20)21)16(22)18-19-17(23)14-3-2-8-25-14/h2-8,11H,9-10H2,1H3,(H,18,22)(H,19,23)/t11-/m0/s1. The molecule has 2 aromatic rings. The summed E-state index contributed by atoms with van der Waals surface area (Å²) < 4.78 is 5.10. The van der Waals surface area contributed by atoms with Crippen LogP contribution in [0.15, 0.2) is 41.8 Å². The van der Waals surface area contributed by atoms with Gasteiger partial charge in [-0.25, -0.2) is 0 Å². The zero-order valence-corrected chi connectivity index (χ0v) is 14.3. The lowest BCUT2D eigenvalue weighted by Crippen LogP contribution is -2.44. The van der Waals surface area contributed by atoms with E-state index in [2.05, 4.69) is 10.9 Å². The molecule has 0 saturated carbocycles. The Balaban J connectivity index is 1.57. The summed E-state index contributed by atoms with van der Waals surface area (Å²) in [5, 5.41) is 1.78. The molecule has 1 saturated heterocycles. The first-order chi connectivity index (χ1) is 12.1. The van der Waals surface area contributed by atoms with E-state index >= 15 is 0 Å². The molecule has 1 aliphatic heterocycles. The van der Waals surface area contributed by atoms with Crippen LogP contribution in [0.3, 0.4) is 0 Å². The molecule has 25 heavy (non-hydrogen) atoms. The molecular formula is C17H17N3O4S. The Labute approximate surface area is 148 Å². The largest absolute Gasteiger partial charge is 0.497 e. The number of methoxy groups -OCH3 is 1. The second-order valence-corrected chi connectivity index (χ2v) is 6.47. The molecule has 130 valence electrons. The molecule has 0 radical (unpaired) electrons. The summed E-state index contributed by atoms with van der Waals surface area (Å²) in [6.45, 7) is 0.270. The Morgan fingerprint density at radius 3 is 2.60 bits per heavy atom. The van der Waals surface area contributed by atoms with Crippen LogP contribution in [0.5, 0.6) is 5.75 Å². The van der Waals surface area contributed by atoms with E-state index in [0.29, 0.717) is 16.3 Å². The molecule has 1 aromatic carbocycles. The Morgan fingerprint density at radius 2 is 1.96 bits per heavy atom. The number of carbonyl (C=O) groups excluding carboxylic acids is 3. The number of amides is 3. The summed E-state index contributed by atoms with van der Waals surface area (Å²) in [6, 6.07) is 10.5. The maximum atomic E-state index is 12.2. The first kappa shape index (κ1) is 17.0. The van der Waals surface area contributed by atoms with Gasteiger partial charge in [0.2, 0.25) is 11.8 Å². The van der Waals surface area contributed by atoms with Gasteiger partial charge in [-0.3, -0.25) is 25.2 Å². The molecule has 3 rings (SSSR count). The zero-order valence-electron chi connectivity index (χ0n) is 13.5. The van der Waals surface area contributed by atoms with Gasteiger partial charge in [-0.2, -0.15) is 0 Å². The number of benzene rings is 1. The maximum Gasteiger partial charge on any atom is 0.279 e. The van der Waals surface area contributed by atoms with Crippen molar-refractivity contribution in [3.05, 3.63) is 46.7 Å². The average Bonchev–Trinajstić information content (AvgIpc) is 3.29. The van der Waals surface area contributed by atoms with Gasteiger partial charge in [-0.05, 0) is 35.7 Å². The highest BCUT2D eigenvalue weighted by atomic mass is 32.1. The monoisotopic (exact) mass is 359 g/mol. The molecule has 8 heteroatoms. The van der Waals surface area contributed by atoms with Crippen LogP contribution in [-0.4, -0.2) is 31.4 Å². The number of thiophene rings is 1. The minimum atomic E-state index is -0.516. The number of nitrogens with one attached hydrogen (secondary N) is 2. The van der Waals surface area contributed by atoms with Gasteiger partial charge in [0.05, 0.1) is 17.9 Å². The molecule has 0 unspecified atom stereocenters. The van der Waals surface area contributed by atoms with Gasteiger partial charge in [-0.15, -0.1) is 11.3 Å². The number of hydrogen-bond acceptors (Lipinski definition) is 5. The van der Waals surface area contributed by atoms with E-state index in [9.17, 15) is 14.4 Å². The molecule has 1 fully saturated rings. The average molecular weight is 359 g/mol. The molecule has 1 atom stereocenters. The molecule has 0 bridgehead atoms. The molecule has 1 aliphatic rings. The second-order valence-electron chi connectivity index (χ2n) is 5.52. The highest BCUT2D eigenvalue weighted by molar-refractivity contribution is 7.12. The minimum absolute atomic E-state index is 0.104. The van der Waals surface area contributed by atoms with Crippen LogP contribution >= 0.6 is 11.3 Å². The summed E-state index contributed by atoms with van der Waals surface area (Å²) >= 11 is 1.28. The van der Waals surface area contributed by atoms with Gasteiger partial charge < -0.3 is 9.64 Å². The van der Waals surface area contributed by atoms with Gasteiger partial charge in [0.25, 0.3) is 5.91 Å². The lowest BCUT2D eigenvalue weighted by atomic mass is 10.1. The molecular weight excluding hydrogens is 342 g/mol. The highest BCUT2D eigenvalue weighted by Crippen LogP contribution is 2.26. The van der Waals surface area contributed by atoms with Crippen LogP contribution in [0.1, 0.15) is 16.1 Å². The zero-order chi connectivity index (χ0) is 17.8. The number of rotatable bonds is 4. The number of anilines is 1. The van der Waals surface area contributed by atoms with Crippen molar-refractivity contribution in [3.8, 4) is 5.75 Å². The Kier molecular flexibility index (Phi) is 4.99. The van der Waals surface area contributed by atoms with E-state index in [1.54, 1.807) is 53.8 Å². The van der Waals surface area contributed by atoms with E-state index in [1.165, 1.54) is 11.3 Å². The van der Waals surface area contributed by atoms with Crippen molar-refractivity contribution in [2.75, 3.05) is 18.6 Å². The number of ether oxygens (including phenoxy) is 1. The number of carbonyl (C=O) groups is 3. The van der Waals surface area contributed by atoms with Crippen molar-refractivity contribution >= 4 is 34.7 Å². The quantitative estimate of drug-likeness (QED) is 0.811. The molecule has 2 N–H and O–H groups in total. The second kappa shape index (κ2) is 7.35. The highest BCUT2D eigenvalue weighted by Gasteiger charge is 2.35. The van der Waals surface area contributed by atoms with Crippen LogP contribution in [0.25, 0.3) is 0 Å². The van der Waals surface area contributed by atoms with E-state index in [0.717, 1.165) is 0 Å². The van der Waals surface area contributed by atoms with E-state index in [-0.39, 0.29) is 30.7 Å². The molecule has 2 heterocycles. The maximum absolute atomic E-state index is 12.2. The normalized spacial score (nSPS) is 16.6. The van der Waals surface area contributed by atoms with Gasteiger partial charge in [0.15, 0.2) is 0 Å². The smallest absolute Gasteiger partial charge is 0.279 e. The molecule has 7 nitrogen and oxygen atoms in total. The summed E-state index contributed by atoms with van der Waals surface area (Å²) in [5.41, 5.74) is 5.48. The molecule has 0 aliphatic carbocycles. The number of hydrogen-bond donors (Lipinski definition) is 2. The van der Waals surface area contributed by atoms with Crippen LogP contribution in [0.4, 0.5) is 5.69 Å². The fourth-order valence-corrected chi connectivity index (χ4v) is 3.20. The predicted octanol–water partition coefficient (Wildman–Crippen LogP) is 1.57. The van der Waals surface area contributed by atoms with Gasteiger partial charge in [-0.1, -0.05) is 6.07 Å². The van der Waals surface area contributed by atoms with E-state index < -0.39 is 5.92 Å². The topological polar surface area (TPSA) is 87.7 Å². The van der Waals surface area contributed by atoms with Crippen LogP contribution in [0, 0.1) is 5.92 Å². The summed E-state index contributed by atoms with van der Waals surface area (Å²) in [5.74, 6) is -0.705. The van der Waals surface area contributed by atoms with Crippen molar-refractivity contribution in [1.82, 2.24) is 10.9 Å². The fraction of sp³-hybridized carbons (Fsp3) is 0.235. The predicted molar refractivity (Wildman–Crippen MR) is 93.4 cm³/mol. The molecule has 1 aromatic heterocycles. The van der Waals surface area contributed by atoms with E-state index in [1.807, 2.05) is 0 Å². The van der Waals surface area contributed by atoms with Crippen molar-refractivity contribution in [1.29, 1.82) is 0 Å². The number of hydrazine groups is 1. The van der Waals surface area contributed by atoms with E-state index in [4.69, 9.17) is 4.74 Å². The lowest BCUT2D eigenvalue weighted by Gasteiger charge is -2.17. The molecule has 3 amide bonds. The van der Waals surface area contributed by atoms with Crippen molar-refractivity contribution in [2.24, 2.45) is 5.92 Å². The third kappa shape index (κ3) is 3.80. The molecule has 0 spiro atoms. The van der Waals surface area contributed by atoms with Crippen LogP contribution < -0.4 is 20.5 Å². The van der Waals surface area contributed by atoms with Gasteiger partial charge >= 0.3 is 0 Å². The lowest BCUT2D eigenvalue weighted by molar-refractivity contribution is -0.126. The fourth-order valence-electron chi connectivity index (χ4n) is 2.58. The summed E-state index contributed by atoms with van der Waals surface area (Å²) in [4.78, 5) is 38.3. The summed E-state index contributed by atoms with van der Waals surface area (Å²) in [7, 11) is 1.57. The Bertz CT molecular complexity index is 774. The van der Waals surface area contributed by atoms with Gasteiger partial charge in [0, 0.05) is 18.7 Å². The van der Waals surface area contributed by atoms with Crippen LogP contribution in [0.2, 0.25) is 0 Å². The SMILES string of the molecule is COc1ccc(N2C[C@@H](C(=O)NNC(=O)c3cccs3)CC2=O)cc1. The third-order valence-corrected chi connectivity index (χ3v) is 4.79. The minimum Gasteiger partial charge on any atom is -0.497 e. The number of nitrogens with zero attached hydrogens (tertiary/aromatic N) is 1. The van der Waals surface area contributed by atoms with Crippen molar-refractivity contribution in [3.63, 3.8) is 0 Å². The Morgan fingerprint density at radius 1 is 1.20 bits per heavy atom. The van der Waals surface area contributed by atoms with Gasteiger partial charge in [0.1, 0.15) is 5.75 Å². The first-order valence-electron chi connectivity index (χ1n) is 7.66. The Hall–Kier alpha value is -2.87. The summed E-state index contributed by atoms with van der Waals surface area (Å²) in [6.07, 6.45) is 0.104. The van der Waals surface area contributed by atoms with Crippen molar-refractivity contribution < 1.29 is 19.1 Å².